The molecule has 4 rings (SSSR count). The molecule has 2 aromatic carbocycles. The average molecular weight is 750 g/mol. The summed E-state index contributed by atoms with van der Waals surface area (Å²) >= 11 is 13.0. The monoisotopic (exact) mass is 748 g/mol. The van der Waals surface area contributed by atoms with Gasteiger partial charge in [-0.25, -0.2) is 12.7 Å². The van der Waals surface area contributed by atoms with Crippen molar-refractivity contribution in [3.8, 4) is 0 Å². The van der Waals surface area contributed by atoms with E-state index in [1.807, 2.05) is 60.4 Å². The Balaban J connectivity index is 1.87. The lowest BCUT2D eigenvalue weighted by Crippen LogP contribution is -2.59. The number of rotatable bonds is 17. The zero-order valence-corrected chi connectivity index (χ0v) is 34.1. The summed E-state index contributed by atoms with van der Waals surface area (Å²) in [5.74, 6) is -0.0941. The Morgan fingerprint density at radius 2 is 1.61 bits per heavy atom. The van der Waals surface area contributed by atoms with E-state index in [0.29, 0.717) is 71.8 Å². The zero-order valence-electron chi connectivity index (χ0n) is 30.8. The highest BCUT2D eigenvalue weighted by Crippen LogP contribution is 2.54. The number of carbonyl (C=O) groups is 1. The van der Waals surface area contributed by atoms with Crippen LogP contribution in [0.1, 0.15) is 110 Å². The van der Waals surface area contributed by atoms with E-state index >= 15 is 4.79 Å². The number of benzene rings is 2. The molecule has 0 aromatic heterocycles. The predicted molar refractivity (Wildman–Crippen MR) is 207 cm³/mol. The Labute approximate surface area is 307 Å². The normalized spacial score (nSPS) is 22.8. The Kier molecular flexibility index (Phi) is 13.4. The van der Waals surface area contributed by atoms with Crippen LogP contribution in [-0.4, -0.2) is 63.3 Å². The first-order chi connectivity index (χ1) is 23.0. The number of hydrogen-bond donors (Lipinski definition) is 0. The molecule has 2 aliphatic rings. The Morgan fingerprint density at radius 1 is 1.00 bits per heavy atom. The molecular formula is C39H58Cl2N2O4SSi. The fourth-order valence-corrected chi connectivity index (χ4v) is 16.2. The molecule has 2 fully saturated rings. The van der Waals surface area contributed by atoms with Gasteiger partial charge in [0.1, 0.15) is 0 Å². The van der Waals surface area contributed by atoms with Gasteiger partial charge in [0.05, 0.1) is 16.7 Å². The Morgan fingerprint density at radius 3 is 2.12 bits per heavy atom. The van der Waals surface area contributed by atoms with Crippen LogP contribution in [0.25, 0.3) is 0 Å². The second kappa shape index (κ2) is 16.3. The number of sulfonamides is 1. The first-order valence-corrected chi connectivity index (χ1v) is 22.5. The fraction of sp³-hybridized carbons (Fsp3) is 0.615. The molecule has 1 unspecified atom stereocenters. The SMILES string of the molecule is C=CC[C@]1(CCO[Si](C(C)C)(C(C)C)C(C)C)C[C@H](c2cccc(Cl)c2)[C@@H](c2ccc(Cl)cc2)N(C(CC)CN(C)S(=O)(=O)C2CC2)C1=O. The van der Waals surface area contributed by atoms with Crippen LogP contribution in [0.3, 0.4) is 0 Å². The van der Waals surface area contributed by atoms with Gasteiger partial charge in [0, 0.05) is 42.2 Å². The van der Waals surface area contributed by atoms with Crippen molar-refractivity contribution in [1.29, 1.82) is 0 Å². The number of nitrogens with zero attached hydrogens (tertiary/aromatic N) is 2. The summed E-state index contributed by atoms with van der Waals surface area (Å²) in [6.07, 6.45) is 5.45. The number of carbonyl (C=O) groups excluding carboxylic acids is 1. The molecule has 1 saturated heterocycles. The molecular weight excluding hydrogens is 691 g/mol. The van der Waals surface area contributed by atoms with Gasteiger partial charge in [-0.1, -0.05) is 102 Å². The van der Waals surface area contributed by atoms with Crippen LogP contribution in [0, 0.1) is 5.41 Å². The topological polar surface area (TPSA) is 66.9 Å². The number of halogens is 2. The van der Waals surface area contributed by atoms with Crippen LogP contribution >= 0.6 is 23.2 Å². The second-order valence-electron chi connectivity index (χ2n) is 15.4. The minimum Gasteiger partial charge on any atom is -0.416 e. The van der Waals surface area contributed by atoms with E-state index in [-0.39, 0.29) is 35.7 Å². The quantitative estimate of drug-likeness (QED) is 0.119. The van der Waals surface area contributed by atoms with Gasteiger partial charge in [-0.15, -0.1) is 6.58 Å². The first-order valence-electron chi connectivity index (χ1n) is 18.1. The molecule has 6 nitrogen and oxygen atoms in total. The molecule has 0 spiro atoms. The van der Waals surface area contributed by atoms with E-state index in [4.69, 9.17) is 27.6 Å². The lowest BCUT2D eigenvalue weighted by molar-refractivity contribution is -0.157. The molecule has 1 aliphatic carbocycles. The number of hydrogen-bond acceptors (Lipinski definition) is 4. The summed E-state index contributed by atoms with van der Waals surface area (Å²) in [4.78, 5) is 17.5. The summed E-state index contributed by atoms with van der Waals surface area (Å²) in [7, 11) is -3.99. The van der Waals surface area contributed by atoms with Crippen molar-refractivity contribution >= 4 is 47.4 Å². The van der Waals surface area contributed by atoms with Crippen molar-refractivity contribution in [1.82, 2.24) is 9.21 Å². The molecule has 1 amide bonds. The smallest absolute Gasteiger partial charge is 0.230 e. The molecule has 1 aliphatic heterocycles. The Hall–Kier alpha value is -1.68. The van der Waals surface area contributed by atoms with Crippen molar-refractivity contribution in [2.75, 3.05) is 20.2 Å². The van der Waals surface area contributed by atoms with E-state index in [1.54, 1.807) is 7.05 Å². The van der Waals surface area contributed by atoms with Crippen molar-refractivity contribution in [3.05, 3.63) is 82.4 Å². The average Bonchev–Trinajstić information content (AvgIpc) is 3.90. The lowest BCUT2D eigenvalue weighted by Gasteiger charge is -2.54. The molecule has 0 bridgehead atoms. The molecule has 1 heterocycles. The number of allylic oxidation sites excluding steroid dienone is 1. The standard InChI is InChI=1S/C39H58Cl2N2O4SSi/c1-10-21-39(22-23-47-49(27(3)4,28(5)6)29(7)8)25-36(31-13-12-14-33(41)24-31)37(30-15-17-32(40)18-16-30)43(38(39)44)34(11-2)26-42(9)48(45,46)35-19-20-35/h10,12-18,24,27-29,34-37H,1,11,19-23,25-26H2,2-9H3/t34?,36-,37-,39+/m1/s1. The van der Waals surface area contributed by atoms with Gasteiger partial charge in [-0.2, -0.15) is 0 Å². The van der Waals surface area contributed by atoms with E-state index < -0.39 is 23.8 Å². The van der Waals surface area contributed by atoms with Gasteiger partial charge in [0.2, 0.25) is 15.9 Å². The maximum Gasteiger partial charge on any atom is 0.230 e. The number of likely N-dealkylation sites (N-methyl/N-ethyl adjacent to an activating group) is 1. The van der Waals surface area contributed by atoms with Crippen LogP contribution in [0.2, 0.25) is 26.7 Å². The highest BCUT2D eigenvalue weighted by Gasteiger charge is 2.54. The maximum atomic E-state index is 15.5. The Bertz CT molecular complexity index is 1520. The molecule has 49 heavy (non-hydrogen) atoms. The van der Waals surface area contributed by atoms with Gasteiger partial charge in [-0.3, -0.25) is 4.79 Å². The first kappa shape index (κ1) is 40.1. The third-order valence-electron chi connectivity index (χ3n) is 11.4. The van der Waals surface area contributed by atoms with Crippen molar-refractivity contribution < 1.29 is 17.6 Å². The lowest BCUT2D eigenvalue weighted by atomic mass is 9.64. The summed E-state index contributed by atoms with van der Waals surface area (Å²) in [5, 5.41) is 0.922. The van der Waals surface area contributed by atoms with Crippen LogP contribution in [-0.2, 0) is 19.2 Å². The van der Waals surface area contributed by atoms with Gasteiger partial charge in [0.15, 0.2) is 8.32 Å². The minimum atomic E-state index is -3.45. The van der Waals surface area contributed by atoms with Gasteiger partial charge in [-0.05, 0) is 90.5 Å². The summed E-state index contributed by atoms with van der Waals surface area (Å²) in [6.45, 7) is 20.6. The fourth-order valence-electron chi connectivity index (χ4n) is 8.81. The van der Waals surface area contributed by atoms with E-state index in [1.165, 1.54) is 4.31 Å². The maximum absolute atomic E-state index is 15.5. The zero-order chi connectivity index (χ0) is 36.3. The minimum absolute atomic E-state index is 0.0317. The molecule has 0 N–H and O–H groups in total. The highest BCUT2D eigenvalue weighted by molar-refractivity contribution is 7.90. The number of amides is 1. The van der Waals surface area contributed by atoms with Crippen molar-refractivity contribution in [2.45, 2.75) is 127 Å². The number of piperidine rings is 1. The summed E-state index contributed by atoms with van der Waals surface area (Å²) in [6, 6.07) is 15.0. The molecule has 272 valence electrons. The molecule has 0 radical (unpaired) electrons. The molecule has 4 atom stereocenters. The van der Waals surface area contributed by atoms with Crippen LogP contribution in [0.4, 0.5) is 0 Å². The number of likely N-dealkylation sites (tertiary alicyclic amines) is 1. The highest BCUT2D eigenvalue weighted by atomic mass is 35.5. The predicted octanol–water partition coefficient (Wildman–Crippen LogP) is 10.4. The summed E-state index contributed by atoms with van der Waals surface area (Å²) < 4.78 is 35.4. The van der Waals surface area contributed by atoms with E-state index in [0.717, 1.165) is 11.1 Å². The van der Waals surface area contributed by atoms with Gasteiger partial charge in [0.25, 0.3) is 0 Å². The third kappa shape index (κ3) is 8.36. The molecule has 2 aromatic rings. The second-order valence-corrected chi connectivity index (χ2v) is 24.0. The van der Waals surface area contributed by atoms with Crippen LogP contribution < -0.4 is 0 Å². The van der Waals surface area contributed by atoms with E-state index in [9.17, 15) is 8.42 Å². The largest absolute Gasteiger partial charge is 0.416 e. The van der Waals surface area contributed by atoms with Crippen LogP contribution in [0.5, 0.6) is 0 Å². The van der Waals surface area contributed by atoms with Gasteiger partial charge >= 0.3 is 0 Å². The summed E-state index contributed by atoms with van der Waals surface area (Å²) in [5.41, 5.74) is 2.46. The third-order valence-corrected chi connectivity index (χ3v) is 20.3. The van der Waals surface area contributed by atoms with Crippen LogP contribution in [0.15, 0.2) is 61.2 Å². The molecule has 1 saturated carbocycles. The van der Waals surface area contributed by atoms with Gasteiger partial charge < -0.3 is 9.33 Å². The molecule has 10 heteroatoms. The van der Waals surface area contributed by atoms with Crippen molar-refractivity contribution in [3.63, 3.8) is 0 Å². The van der Waals surface area contributed by atoms with Crippen molar-refractivity contribution in [2.24, 2.45) is 5.41 Å². The van der Waals surface area contributed by atoms with E-state index in [2.05, 4.69) is 54.2 Å².